The zero-order chi connectivity index (χ0) is 34.5. The van der Waals surface area contributed by atoms with Gasteiger partial charge in [0.05, 0.1) is 18.0 Å². The fourth-order valence-corrected chi connectivity index (χ4v) is 7.01. The van der Waals surface area contributed by atoms with Gasteiger partial charge in [0.2, 0.25) is 11.8 Å². The van der Waals surface area contributed by atoms with Crippen LogP contribution in [0.25, 0.3) is 10.9 Å². The molecule has 1 atom stereocenters. The fraction of sp³-hybridized carbons (Fsp3) is 0.439. The molecule has 9 heteroatoms. The number of hydrogen-bond donors (Lipinski definition) is 2. The number of fused-ring (bicyclic) bond motifs is 1. The fourth-order valence-electron chi connectivity index (χ4n) is 7.01. The second kappa shape index (κ2) is 18.1. The molecule has 0 saturated carbocycles. The van der Waals surface area contributed by atoms with E-state index < -0.39 is 6.10 Å². The number of aliphatic hydroxyl groups is 1. The Bertz CT molecular complexity index is 1590. The molecule has 4 aromatic rings. The van der Waals surface area contributed by atoms with Crippen LogP contribution in [0.4, 0.5) is 0 Å². The van der Waals surface area contributed by atoms with Crippen molar-refractivity contribution in [2.75, 3.05) is 59.0 Å². The predicted octanol–water partition coefficient (Wildman–Crippen LogP) is 4.58. The highest BCUT2D eigenvalue weighted by atomic mass is 16.5. The summed E-state index contributed by atoms with van der Waals surface area (Å²) in [5, 5.41) is 15.0. The van der Waals surface area contributed by atoms with E-state index in [0.29, 0.717) is 26.2 Å². The molecule has 2 aliphatic rings. The third kappa shape index (κ3) is 10.4. The number of likely N-dealkylation sites (tertiary alicyclic amines) is 1. The van der Waals surface area contributed by atoms with Crippen molar-refractivity contribution in [1.29, 1.82) is 0 Å². The lowest BCUT2D eigenvalue weighted by Crippen LogP contribution is -2.59. The third-order valence-electron chi connectivity index (χ3n) is 10.0. The minimum absolute atomic E-state index is 0.0757. The smallest absolute Gasteiger partial charge is 0.236 e. The number of benzene rings is 3. The number of carbonyl (C=O) groups excluding carboxylic acids is 2. The Balaban J connectivity index is 0.881. The summed E-state index contributed by atoms with van der Waals surface area (Å²) in [6, 6.07) is 30.8. The second-order valence-corrected chi connectivity index (χ2v) is 13.8. The molecule has 2 fully saturated rings. The molecule has 6 rings (SSSR count). The average Bonchev–Trinajstić information content (AvgIpc) is 3.12. The van der Waals surface area contributed by atoms with E-state index >= 15 is 0 Å². The highest BCUT2D eigenvalue weighted by Crippen LogP contribution is 2.24. The largest absolute Gasteiger partial charge is 0.490 e. The summed E-state index contributed by atoms with van der Waals surface area (Å²) in [5.41, 5.74) is 3.52. The van der Waals surface area contributed by atoms with Crippen molar-refractivity contribution in [1.82, 2.24) is 25.0 Å². The van der Waals surface area contributed by atoms with Gasteiger partial charge in [-0.05, 0) is 73.9 Å². The van der Waals surface area contributed by atoms with Crippen LogP contribution in [0, 0.1) is 5.92 Å². The van der Waals surface area contributed by atoms with Crippen LogP contribution in [-0.2, 0) is 22.4 Å². The maximum atomic E-state index is 13.3. The molecule has 50 heavy (non-hydrogen) atoms. The van der Waals surface area contributed by atoms with Crippen LogP contribution < -0.4 is 10.1 Å². The van der Waals surface area contributed by atoms with Gasteiger partial charge in [0, 0.05) is 63.4 Å². The number of rotatable bonds is 17. The maximum Gasteiger partial charge on any atom is 0.236 e. The van der Waals surface area contributed by atoms with Crippen LogP contribution in [0.1, 0.15) is 36.8 Å². The Labute approximate surface area is 296 Å². The quantitative estimate of drug-likeness (QED) is 0.169. The summed E-state index contributed by atoms with van der Waals surface area (Å²) >= 11 is 0. The Morgan fingerprint density at radius 1 is 0.800 bits per heavy atom. The third-order valence-corrected chi connectivity index (χ3v) is 10.0. The van der Waals surface area contributed by atoms with Crippen molar-refractivity contribution < 1.29 is 19.4 Å². The molecule has 3 heterocycles. The lowest BCUT2D eigenvalue weighted by Gasteiger charge is -2.41. The number of amides is 2. The summed E-state index contributed by atoms with van der Waals surface area (Å²) in [4.78, 5) is 36.9. The lowest BCUT2D eigenvalue weighted by atomic mass is 9.95. The number of aryl methyl sites for hydroxylation is 2. The SMILES string of the molecule is O=C(NC(CCCc1ccccc1)CCCc1ccccc1)C1CN(C(=O)CN2CCN(CC(O)COc3cccc4ncccc34)CC2)C1. The molecule has 0 bridgehead atoms. The number of ether oxygens (including phenoxy) is 1. The molecule has 0 radical (unpaired) electrons. The summed E-state index contributed by atoms with van der Waals surface area (Å²) in [6.45, 7) is 5.16. The van der Waals surface area contributed by atoms with Crippen molar-refractivity contribution in [3.8, 4) is 5.75 Å². The molecule has 1 aromatic heterocycles. The normalized spacial score (nSPS) is 16.3. The molecule has 2 N–H and O–H groups in total. The van der Waals surface area contributed by atoms with Crippen LogP contribution >= 0.6 is 0 Å². The second-order valence-electron chi connectivity index (χ2n) is 13.8. The van der Waals surface area contributed by atoms with E-state index in [1.54, 1.807) is 6.20 Å². The van der Waals surface area contributed by atoms with Crippen LogP contribution in [0.15, 0.2) is 97.2 Å². The number of hydrogen-bond acceptors (Lipinski definition) is 7. The van der Waals surface area contributed by atoms with Crippen LogP contribution in [0.3, 0.4) is 0 Å². The van der Waals surface area contributed by atoms with Crippen molar-refractivity contribution >= 4 is 22.7 Å². The van der Waals surface area contributed by atoms with Gasteiger partial charge in [-0.3, -0.25) is 24.4 Å². The molecule has 9 nitrogen and oxygen atoms in total. The number of carbonyl (C=O) groups is 2. The van der Waals surface area contributed by atoms with E-state index in [2.05, 4.69) is 68.6 Å². The van der Waals surface area contributed by atoms with E-state index in [4.69, 9.17) is 4.74 Å². The van der Waals surface area contributed by atoms with Crippen molar-refractivity contribution in [2.24, 2.45) is 5.92 Å². The van der Waals surface area contributed by atoms with Crippen LogP contribution in [0.5, 0.6) is 5.75 Å². The number of pyridine rings is 1. The van der Waals surface area contributed by atoms with Crippen LogP contribution in [0.2, 0.25) is 0 Å². The molecule has 2 saturated heterocycles. The first-order chi connectivity index (χ1) is 24.5. The summed E-state index contributed by atoms with van der Waals surface area (Å²) in [7, 11) is 0. The number of nitrogens with zero attached hydrogens (tertiary/aromatic N) is 4. The molecular weight excluding hydrogens is 626 g/mol. The van der Waals surface area contributed by atoms with Gasteiger partial charge in [-0.2, -0.15) is 0 Å². The van der Waals surface area contributed by atoms with Gasteiger partial charge in [-0.25, -0.2) is 0 Å². The van der Waals surface area contributed by atoms with Gasteiger partial charge in [0.15, 0.2) is 0 Å². The molecule has 1 unspecified atom stereocenters. The highest BCUT2D eigenvalue weighted by molar-refractivity contribution is 5.86. The van der Waals surface area contributed by atoms with E-state index in [-0.39, 0.29) is 30.4 Å². The van der Waals surface area contributed by atoms with Crippen molar-refractivity contribution in [3.05, 3.63) is 108 Å². The van der Waals surface area contributed by atoms with Gasteiger partial charge in [0.25, 0.3) is 0 Å². The van der Waals surface area contributed by atoms with Gasteiger partial charge >= 0.3 is 0 Å². The number of aliphatic hydroxyl groups excluding tert-OH is 1. The maximum absolute atomic E-state index is 13.3. The molecule has 0 spiro atoms. The number of β-amino-alcohol motifs (C(OH)–C–C–N with tert-alkyl or cyclic N) is 1. The van der Waals surface area contributed by atoms with Gasteiger partial charge < -0.3 is 20.1 Å². The monoisotopic (exact) mass is 677 g/mol. The topological polar surface area (TPSA) is 98.2 Å². The Morgan fingerprint density at radius 2 is 1.44 bits per heavy atom. The molecule has 2 amide bonds. The summed E-state index contributed by atoms with van der Waals surface area (Å²) < 4.78 is 5.95. The first-order valence-corrected chi connectivity index (χ1v) is 18.3. The van der Waals surface area contributed by atoms with Crippen molar-refractivity contribution in [2.45, 2.75) is 50.7 Å². The number of piperazine rings is 1. The lowest BCUT2D eigenvalue weighted by molar-refractivity contribution is -0.144. The van der Waals surface area contributed by atoms with Crippen LogP contribution in [-0.4, -0.2) is 108 Å². The van der Waals surface area contributed by atoms with E-state index in [1.807, 2.05) is 47.4 Å². The molecule has 264 valence electrons. The summed E-state index contributed by atoms with van der Waals surface area (Å²) in [6.07, 6.45) is 7.10. The number of nitrogens with one attached hydrogen (secondary N) is 1. The van der Waals surface area contributed by atoms with E-state index in [9.17, 15) is 14.7 Å². The van der Waals surface area contributed by atoms with E-state index in [0.717, 1.165) is 81.4 Å². The van der Waals surface area contributed by atoms with Gasteiger partial charge in [0.1, 0.15) is 18.5 Å². The Hall–Kier alpha value is -4.31. The molecule has 2 aliphatic heterocycles. The van der Waals surface area contributed by atoms with Gasteiger partial charge in [-0.1, -0.05) is 66.7 Å². The highest BCUT2D eigenvalue weighted by Gasteiger charge is 2.37. The number of aromatic nitrogens is 1. The molecule has 0 aliphatic carbocycles. The minimum atomic E-state index is -0.619. The average molecular weight is 678 g/mol. The standard InChI is InChI=1S/C41H51N5O4/c47-36(31-50-39-21-9-20-38-37(39)19-10-22-42-38)29-44-23-25-45(26-24-44)30-40(48)46-27-34(28-46)41(49)43-35(17-7-15-32-11-3-1-4-12-32)18-8-16-33-13-5-2-6-14-33/h1-6,9-14,19-22,34-36,47H,7-8,15-18,23-31H2,(H,43,49). The minimum Gasteiger partial charge on any atom is -0.490 e. The molecular formula is C41H51N5O4. The first-order valence-electron chi connectivity index (χ1n) is 18.3. The zero-order valence-electron chi connectivity index (χ0n) is 29.0. The summed E-state index contributed by atoms with van der Waals surface area (Å²) in [5.74, 6) is 0.742. The zero-order valence-corrected chi connectivity index (χ0v) is 29.0. The first kappa shape index (κ1) is 35.5. The van der Waals surface area contributed by atoms with Crippen molar-refractivity contribution in [3.63, 3.8) is 0 Å². The predicted molar refractivity (Wildman–Crippen MR) is 197 cm³/mol. The van der Waals surface area contributed by atoms with Gasteiger partial charge in [-0.15, -0.1) is 0 Å². The Kier molecular flexibility index (Phi) is 12.8. The Morgan fingerprint density at radius 3 is 2.10 bits per heavy atom. The molecule has 3 aromatic carbocycles. The van der Waals surface area contributed by atoms with E-state index in [1.165, 1.54) is 11.1 Å².